The number of esters is 2. The highest BCUT2D eigenvalue weighted by Crippen LogP contribution is 2.17. The van der Waals surface area contributed by atoms with Crippen LogP contribution >= 0.6 is 0 Å². The average molecular weight is 1080 g/mol. The van der Waals surface area contributed by atoms with Crippen LogP contribution in [0.2, 0.25) is 0 Å². The maximum Gasteiger partial charge on any atom is 0.361 e. The topological polar surface area (TPSA) is 108 Å². The van der Waals surface area contributed by atoms with Crippen molar-refractivity contribution in [3.8, 4) is 0 Å². The first-order valence-electron chi connectivity index (χ1n) is 32.5. The summed E-state index contributed by atoms with van der Waals surface area (Å²) >= 11 is 0. The molecule has 2 atom stereocenters. The average Bonchev–Trinajstić information content (AvgIpc) is 3.40. The van der Waals surface area contributed by atoms with Gasteiger partial charge in [0.25, 0.3) is 6.29 Å². The number of quaternary nitrogens is 1. The normalized spacial score (nSPS) is 13.1. The zero-order valence-corrected chi connectivity index (χ0v) is 51.1. The second-order valence-electron chi connectivity index (χ2n) is 23.0. The molecule has 0 aromatic heterocycles. The fourth-order valence-electron chi connectivity index (χ4n) is 9.30. The molecule has 0 aromatic rings. The Morgan fingerprint density at radius 3 is 1.12 bits per heavy atom. The molecule has 0 aliphatic rings. The lowest BCUT2D eigenvalue weighted by Crippen LogP contribution is -2.40. The van der Waals surface area contributed by atoms with Crippen LogP contribution in [-0.4, -0.2) is 87.4 Å². The molecule has 0 bridgehead atoms. The fraction of sp³-hybridized carbons (Fsp3) is 0.809. The minimum absolute atomic E-state index is 0.184. The van der Waals surface area contributed by atoms with Crippen molar-refractivity contribution in [1.82, 2.24) is 0 Å². The van der Waals surface area contributed by atoms with Crippen molar-refractivity contribution in [2.75, 3.05) is 47.5 Å². The van der Waals surface area contributed by atoms with Crippen molar-refractivity contribution in [2.45, 2.75) is 309 Å². The molecule has 0 saturated carbocycles. The lowest BCUT2D eigenvalue weighted by Gasteiger charge is -2.25. The van der Waals surface area contributed by atoms with Gasteiger partial charge >= 0.3 is 17.9 Å². The van der Waals surface area contributed by atoms with Gasteiger partial charge in [-0.3, -0.25) is 9.59 Å². The van der Waals surface area contributed by atoms with Crippen LogP contribution in [0.5, 0.6) is 0 Å². The molecule has 0 amide bonds. The Kier molecular flexibility index (Phi) is 56.8. The molecule has 0 rings (SSSR count). The number of nitrogens with zero attached hydrogens (tertiary/aromatic N) is 1. The first kappa shape index (κ1) is 74.0. The van der Waals surface area contributed by atoms with Gasteiger partial charge in [0.15, 0.2) is 6.10 Å². The summed E-state index contributed by atoms with van der Waals surface area (Å²) in [5.41, 5.74) is 0. The molecule has 448 valence electrons. The van der Waals surface area contributed by atoms with Gasteiger partial charge in [-0.15, -0.1) is 0 Å². The van der Waals surface area contributed by atoms with Crippen molar-refractivity contribution in [1.29, 1.82) is 0 Å². The standard InChI is InChI=1S/C68H123NO8/c1-6-8-10-12-14-16-18-20-22-24-26-28-29-30-31-32-33-34-35-36-37-39-40-42-44-46-48-50-52-54-56-58-65(70)75-62-64(63-76-68(67(72)73)74-61-60-69(3,4)5)77-66(71)59-57-55-53-51-49-47-45-43-41-38-27-25-23-21-19-17-15-13-11-9-7-2/h9,11,15,17,21,23-24,26-27,38,64,68H,6-8,10,12-14,16,18-20,22,25,28-37,39-63H2,1-5H3/p+1/b11-9-,17-15-,23-21-,26-24-,38-27-. The molecule has 0 radical (unpaired) electrons. The van der Waals surface area contributed by atoms with Crippen molar-refractivity contribution in [2.24, 2.45) is 0 Å². The van der Waals surface area contributed by atoms with Gasteiger partial charge in [-0.2, -0.15) is 0 Å². The number of carbonyl (C=O) groups excluding carboxylic acids is 2. The summed E-state index contributed by atoms with van der Waals surface area (Å²) in [7, 11) is 5.97. The van der Waals surface area contributed by atoms with E-state index in [1.807, 2.05) is 21.1 Å². The van der Waals surface area contributed by atoms with E-state index in [9.17, 15) is 19.5 Å². The number of rotatable bonds is 60. The molecule has 2 unspecified atom stereocenters. The van der Waals surface area contributed by atoms with Crippen molar-refractivity contribution in [3.63, 3.8) is 0 Å². The van der Waals surface area contributed by atoms with Crippen LogP contribution in [0.4, 0.5) is 0 Å². The van der Waals surface area contributed by atoms with E-state index < -0.39 is 24.3 Å². The molecule has 0 aliphatic carbocycles. The summed E-state index contributed by atoms with van der Waals surface area (Å²) in [4.78, 5) is 37.5. The van der Waals surface area contributed by atoms with Gasteiger partial charge in [0.2, 0.25) is 0 Å². The second-order valence-corrected chi connectivity index (χ2v) is 23.0. The summed E-state index contributed by atoms with van der Waals surface area (Å²) in [6.07, 6.45) is 73.2. The van der Waals surface area contributed by atoms with Gasteiger partial charge in [0, 0.05) is 12.8 Å². The summed E-state index contributed by atoms with van der Waals surface area (Å²) in [5, 5.41) is 9.72. The molecule has 77 heavy (non-hydrogen) atoms. The van der Waals surface area contributed by atoms with E-state index in [1.165, 1.54) is 193 Å². The van der Waals surface area contributed by atoms with Crippen molar-refractivity contribution < 1.29 is 42.9 Å². The Balaban J connectivity index is 4.11. The summed E-state index contributed by atoms with van der Waals surface area (Å²) in [6.45, 7) is 4.79. The maximum atomic E-state index is 12.9. The zero-order valence-electron chi connectivity index (χ0n) is 51.1. The molecule has 9 heteroatoms. The third-order valence-electron chi connectivity index (χ3n) is 14.3. The molecule has 9 nitrogen and oxygen atoms in total. The Bertz CT molecular complexity index is 1450. The van der Waals surface area contributed by atoms with Crippen molar-refractivity contribution >= 4 is 17.9 Å². The van der Waals surface area contributed by atoms with Crippen LogP contribution in [0.3, 0.4) is 0 Å². The molecule has 0 aliphatic heterocycles. The lowest BCUT2D eigenvalue weighted by molar-refractivity contribution is -0.870. The lowest BCUT2D eigenvalue weighted by atomic mass is 10.0. The fourth-order valence-corrected chi connectivity index (χ4v) is 9.30. The van der Waals surface area contributed by atoms with Crippen LogP contribution in [0, 0.1) is 0 Å². The smallest absolute Gasteiger partial charge is 0.361 e. The number of carboxylic acids is 1. The SMILES string of the molecule is CC/C=C\C/C=C\C/C=C\C/C=C\CCCCCCCCCCC(=O)OC(COC(=O)CCCCCCCCCCCCCCCCCCCCC/C=C\CCCCCCCCCC)COC(OCC[N+](C)(C)C)C(=O)O. The number of hydrogen-bond donors (Lipinski definition) is 1. The van der Waals surface area contributed by atoms with E-state index in [-0.39, 0.29) is 32.2 Å². The Morgan fingerprint density at radius 1 is 0.403 bits per heavy atom. The predicted octanol–water partition coefficient (Wildman–Crippen LogP) is 19.6. The van der Waals surface area contributed by atoms with E-state index in [1.54, 1.807) is 0 Å². The Labute approximate surface area is 475 Å². The number of likely N-dealkylation sites (N-methyl/N-ethyl adjacent to an activating group) is 1. The highest BCUT2D eigenvalue weighted by molar-refractivity contribution is 5.71. The number of allylic oxidation sites excluding steroid dienone is 10. The molecular weight excluding hydrogens is 959 g/mol. The summed E-state index contributed by atoms with van der Waals surface area (Å²) in [5.74, 6) is -2.00. The molecule has 0 fully saturated rings. The third kappa shape index (κ3) is 60.5. The van der Waals surface area contributed by atoms with E-state index >= 15 is 0 Å². The third-order valence-corrected chi connectivity index (χ3v) is 14.3. The van der Waals surface area contributed by atoms with Gasteiger partial charge < -0.3 is 28.5 Å². The molecular formula is C68H124NO8+. The van der Waals surface area contributed by atoms with Crippen LogP contribution in [0.15, 0.2) is 60.8 Å². The van der Waals surface area contributed by atoms with Crippen LogP contribution < -0.4 is 0 Å². The van der Waals surface area contributed by atoms with E-state index in [0.29, 0.717) is 23.9 Å². The van der Waals surface area contributed by atoms with Crippen molar-refractivity contribution in [3.05, 3.63) is 60.8 Å². The second kappa shape index (κ2) is 59.1. The zero-order chi connectivity index (χ0) is 56.2. The Morgan fingerprint density at radius 2 is 0.740 bits per heavy atom. The minimum Gasteiger partial charge on any atom is -0.477 e. The van der Waals surface area contributed by atoms with Crippen LogP contribution in [0.1, 0.15) is 296 Å². The van der Waals surface area contributed by atoms with E-state index in [2.05, 4.69) is 74.6 Å². The summed E-state index contributed by atoms with van der Waals surface area (Å²) < 4.78 is 22.9. The van der Waals surface area contributed by atoms with Gasteiger partial charge in [-0.25, -0.2) is 4.79 Å². The highest BCUT2D eigenvalue weighted by atomic mass is 16.7. The molecule has 0 heterocycles. The highest BCUT2D eigenvalue weighted by Gasteiger charge is 2.25. The van der Waals surface area contributed by atoms with Gasteiger partial charge in [-0.1, -0.05) is 267 Å². The van der Waals surface area contributed by atoms with Gasteiger partial charge in [0.1, 0.15) is 13.2 Å². The quantitative estimate of drug-likeness (QED) is 0.0211. The maximum absolute atomic E-state index is 12.9. The van der Waals surface area contributed by atoms with Gasteiger partial charge in [-0.05, 0) is 77.0 Å². The largest absolute Gasteiger partial charge is 0.477 e. The number of unbranched alkanes of at least 4 members (excludes halogenated alkanes) is 35. The first-order valence-corrected chi connectivity index (χ1v) is 32.5. The first-order chi connectivity index (χ1) is 37.6. The minimum atomic E-state index is -1.51. The molecule has 1 N–H and O–H groups in total. The van der Waals surface area contributed by atoms with E-state index in [4.69, 9.17) is 18.9 Å². The van der Waals surface area contributed by atoms with Crippen LogP contribution in [-0.2, 0) is 33.3 Å². The number of hydrogen-bond acceptors (Lipinski definition) is 7. The number of aliphatic carboxylic acids is 1. The monoisotopic (exact) mass is 1080 g/mol. The molecule has 0 saturated heterocycles. The number of carbonyl (C=O) groups is 3. The number of carboxylic acid groups (broad SMARTS) is 1. The predicted molar refractivity (Wildman–Crippen MR) is 327 cm³/mol. The van der Waals surface area contributed by atoms with E-state index in [0.717, 1.165) is 70.6 Å². The molecule has 0 spiro atoms. The van der Waals surface area contributed by atoms with Gasteiger partial charge in [0.05, 0.1) is 34.4 Å². The summed E-state index contributed by atoms with van der Waals surface area (Å²) in [6, 6.07) is 0. The van der Waals surface area contributed by atoms with Crippen LogP contribution in [0.25, 0.3) is 0 Å². The molecule has 0 aromatic carbocycles. The number of ether oxygens (including phenoxy) is 4. The Hall–Kier alpha value is -3.01.